The molecule has 3 aromatic rings. The van der Waals surface area contributed by atoms with Crippen molar-refractivity contribution in [1.82, 2.24) is 15.5 Å². The van der Waals surface area contributed by atoms with Crippen LogP contribution in [0.2, 0.25) is 0 Å². The van der Waals surface area contributed by atoms with Gasteiger partial charge < -0.3 is 21.3 Å². The van der Waals surface area contributed by atoms with Crippen molar-refractivity contribution in [2.75, 3.05) is 26.7 Å². The van der Waals surface area contributed by atoms with E-state index in [9.17, 15) is 9.59 Å². The Morgan fingerprint density at radius 3 is 2.28 bits per heavy atom. The Balaban J connectivity index is 1.50. The number of nitrogens with one attached hydrogen (secondary N) is 2. The third-order valence-corrected chi connectivity index (χ3v) is 5.19. The molecule has 0 aromatic heterocycles. The molecule has 0 atom stereocenters. The number of carbonyl (C=O) groups excluding carboxylic acids is 2. The van der Waals surface area contributed by atoms with E-state index < -0.39 is 0 Å². The van der Waals surface area contributed by atoms with Crippen molar-refractivity contribution in [2.45, 2.75) is 13.1 Å². The van der Waals surface area contributed by atoms with Gasteiger partial charge in [0.05, 0.1) is 6.54 Å². The van der Waals surface area contributed by atoms with Crippen LogP contribution in [0.25, 0.3) is 11.1 Å². The molecule has 0 fully saturated rings. The molecule has 0 spiro atoms. The number of nitrogens with two attached hydrogens (primary N) is 1. The summed E-state index contributed by atoms with van der Waals surface area (Å²) in [5.74, 6) is -0.185. The van der Waals surface area contributed by atoms with Crippen molar-refractivity contribution < 1.29 is 9.59 Å². The minimum atomic E-state index is -0.0963. The van der Waals surface area contributed by atoms with Crippen molar-refractivity contribution in [3.05, 3.63) is 95.6 Å². The maximum Gasteiger partial charge on any atom is 0.251 e. The molecule has 0 radical (unpaired) electrons. The maximum absolute atomic E-state index is 12.4. The first kappa shape index (κ1) is 23.2. The minimum absolute atomic E-state index is 0.00278. The molecule has 0 unspecified atom stereocenters. The van der Waals surface area contributed by atoms with Crippen LogP contribution >= 0.6 is 0 Å². The second-order valence-electron chi connectivity index (χ2n) is 7.65. The Bertz CT molecular complexity index is 1020. The van der Waals surface area contributed by atoms with Gasteiger partial charge in [0.25, 0.3) is 5.91 Å². The molecule has 0 bridgehead atoms. The minimum Gasteiger partial charge on any atom is -0.351 e. The van der Waals surface area contributed by atoms with Crippen LogP contribution in [0.15, 0.2) is 78.9 Å². The van der Waals surface area contributed by atoms with E-state index in [4.69, 9.17) is 5.73 Å². The standard InChI is InChI=1S/C26H30N4O2/c1-30(25(31)17-27)19-21-8-5-9-24(16-21)22-10-12-23(13-11-22)26(32)29-15-14-28-18-20-6-3-2-4-7-20/h2-13,16,28H,14-15,17-19,27H2,1H3,(H,29,32). The van der Waals surface area contributed by atoms with Gasteiger partial charge >= 0.3 is 0 Å². The van der Waals surface area contributed by atoms with Crippen LogP contribution in [0, 0.1) is 0 Å². The third-order valence-electron chi connectivity index (χ3n) is 5.19. The van der Waals surface area contributed by atoms with Gasteiger partial charge in [-0.2, -0.15) is 0 Å². The van der Waals surface area contributed by atoms with Crippen molar-refractivity contribution in [3.8, 4) is 11.1 Å². The van der Waals surface area contributed by atoms with Gasteiger partial charge in [-0.25, -0.2) is 0 Å². The van der Waals surface area contributed by atoms with Crippen LogP contribution in [0.3, 0.4) is 0 Å². The predicted octanol–water partition coefficient (Wildman–Crippen LogP) is 2.79. The van der Waals surface area contributed by atoms with Gasteiger partial charge in [-0.05, 0) is 40.5 Å². The quantitative estimate of drug-likeness (QED) is 0.432. The summed E-state index contributed by atoms with van der Waals surface area (Å²) in [7, 11) is 1.74. The fourth-order valence-corrected chi connectivity index (χ4v) is 3.38. The summed E-state index contributed by atoms with van der Waals surface area (Å²) in [4.78, 5) is 25.7. The van der Waals surface area contributed by atoms with Gasteiger partial charge in [0.2, 0.25) is 5.91 Å². The van der Waals surface area contributed by atoms with Gasteiger partial charge in [0, 0.05) is 38.8 Å². The van der Waals surface area contributed by atoms with Crippen molar-refractivity contribution >= 4 is 11.8 Å². The van der Waals surface area contributed by atoms with Crippen LogP contribution in [-0.4, -0.2) is 43.4 Å². The predicted molar refractivity (Wildman–Crippen MR) is 128 cm³/mol. The molecule has 6 nitrogen and oxygen atoms in total. The molecule has 6 heteroatoms. The average Bonchev–Trinajstić information content (AvgIpc) is 2.84. The molecular weight excluding hydrogens is 400 g/mol. The number of carbonyl (C=O) groups is 2. The molecule has 4 N–H and O–H groups in total. The summed E-state index contributed by atoms with van der Waals surface area (Å²) in [6, 6.07) is 25.7. The molecule has 3 aromatic carbocycles. The zero-order chi connectivity index (χ0) is 22.8. The van der Waals surface area contributed by atoms with Gasteiger partial charge in [0.1, 0.15) is 0 Å². The molecule has 166 valence electrons. The summed E-state index contributed by atoms with van der Waals surface area (Å²) in [6.45, 7) is 2.54. The lowest BCUT2D eigenvalue weighted by molar-refractivity contribution is -0.128. The van der Waals surface area contributed by atoms with E-state index in [1.165, 1.54) is 5.56 Å². The van der Waals surface area contributed by atoms with Crippen molar-refractivity contribution in [1.29, 1.82) is 0 Å². The van der Waals surface area contributed by atoms with Crippen molar-refractivity contribution in [3.63, 3.8) is 0 Å². The van der Waals surface area contributed by atoms with E-state index in [1.54, 1.807) is 11.9 Å². The number of hydrogen-bond donors (Lipinski definition) is 3. The van der Waals surface area contributed by atoms with E-state index in [0.717, 1.165) is 23.2 Å². The van der Waals surface area contributed by atoms with Gasteiger partial charge in [-0.15, -0.1) is 0 Å². The fourth-order valence-electron chi connectivity index (χ4n) is 3.38. The van der Waals surface area contributed by atoms with Gasteiger partial charge in [0.15, 0.2) is 0 Å². The first-order chi connectivity index (χ1) is 15.6. The molecule has 0 aliphatic heterocycles. The number of rotatable bonds is 10. The van der Waals surface area contributed by atoms with Crippen LogP contribution in [0.5, 0.6) is 0 Å². The molecule has 0 aliphatic rings. The largest absolute Gasteiger partial charge is 0.351 e. The van der Waals surface area contributed by atoms with Crippen molar-refractivity contribution in [2.24, 2.45) is 5.73 Å². The second kappa shape index (κ2) is 11.8. The van der Waals surface area contributed by atoms with Crippen LogP contribution in [0.4, 0.5) is 0 Å². The molecule has 0 saturated heterocycles. The first-order valence-electron chi connectivity index (χ1n) is 10.7. The monoisotopic (exact) mass is 430 g/mol. The Kier molecular flexibility index (Phi) is 8.54. The molecular formula is C26H30N4O2. The number of nitrogens with zero attached hydrogens (tertiary/aromatic N) is 1. The Labute approximate surface area is 189 Å². The molecule has 0 aliphatic carbocycles. The number of likely N-dealkylation sites (N-methyl/N-ethyl adjacent to an activating group) is 1. The topological polar surface area (TPSA) is 87.5 Å². The number of benzene rings is 3. The fraction of sp³-hybridized carbons (Fsp3) is 0.231. The Morgan fingerprint density at radius 1 is 0.844 bits per heavy atom. The number of amides is 2. The molecule has 32 heavy (non-hydrogen) atoms. The first-order valence-corrected chi connectivity index (χ1v) is 10.7. The maximum atomic E-state index is 12.4. The Hall–Kier alpha value is -3.48. The lowest BCUT2D eigenvalue weighted by atomic mass is 10.0. The zero-order valence-corrected chi connectivity index (χ0v) is 18.4. The summed E-state index contributed by atoms with van der Waals surface area (Å²) in [6.07, 6.45) is 0. The van der Waals surface area contributed by atoms with Crippen LogP contribution in [0.1, 0.15) is 21.5 Å². The summed E-state index contributed by atoms with van der Waals surface area (Å²) in [5, 5.41) is 6.26. The highest BCUT2D eigenvalue weighted by Crippen LogP contribution is 2.21. The lowest BCUT2D eigenvalue weighted by Crippen LogP contribution is -2.32. The molecule has 0 heterocycles. The van der Waals surface area contributed by atoms with E-state index in [0.29, 0.717) is 25.2 Å². The highest BCUT2D eigenvalue weighted by atomic mass is 16.2. The smallest absolute Gasteiger partial charge is 0.251 e. The van der Waals surface area contributed by atoms with Gasteiger partial charge in [-0.1, -0.05) is 60.7 Å². The van der Waals surface area contributed by atoms with Crippen LogP contribution in [-0.2, 0) is 17.9 Å². The van der Waals surface area contributed by atoms with E-state index in [-0.39, 0.29) is 18.4 Å². The normalized spacial score (nSPS) is 10.6. The average molecular weight is 431 g/mol. The summed E-state index contributed by atoms with van der Waals surface area (Å²) < 4.78 is 0. The molecule has 0 saturated carbocycles. The summed E-state index contributed by atoms with van der Waals surface area (Å²) >= 11 is 0. The lowest BCUT2D eigenvalue weighted by Gasteiger charge is -2.16. The Morgan fingerprint density at radius 2 is 1.56 bits per heavy atom. The number of hydrogen-bond acceptors (Lipinski definition) is 4. The summed E-state index contributed by atoms with van der Waals surface area (Å²) in [5.41, 5.74) is 10.3. The highest BCUT2D eigenvalue weighted by molar-refractivity contribution is 5.94. The van der Waals surface area contributed by atoms with E-state index in [1.807, 2.05) is 66.7 Å². The van der Waals surface area contributed by atoms with E-state index in [2.05, 4.69) is 22.8 Å². The van der Waals surface area contributed by atoms with Crippen LogP contribution < -0.4 is 16.4 Å². The molecule has 2 amide bonds. The molecule has 3 rings (SSSR count). The van der Waals surface area contributed by atoms with Gasteiger partial charge in [-0.3, -0.25) is 9.59 Å². The zero-order valence-electron chi connectivity index (χ0n) is 18.4. The van der Waals surface area contributed by atoms with E-state index >= 15 is 0 Å². The SMILES string of the molecule is CN(Cc1cccc(-c2ccc(C(=O)NCCNCc3ccccc3)cc2)c1)C(=O)CN. The third kappa shape index (κ3) is 6.77. The highest BCUT2D eigenvalue weighted by Gasteiger charge is 2.09. The second-order valence-corrected chi connectivity index (χ2v) is 7.65.